The zero-order chi connectivity index (χ0) is 26.8. The van der Waals surface area contributed by atoms with Gasteiger partial charge in [0.15, 0.2) is 5.78 Å². The van der Waals surface area contributed by atoms with E-state index in [1.807, 2.05) is 38.1 Å². The molecule has 1 aromatic rings. The summed E-state index contributed by atoms with van der Waals surface area (Å²) in [4.78, 5) is 58.8. The number of likely N-dealkylation sites (tertiary alicyclic amines) is 2. The van der Waals surface area contributed by atoms with Gasteiger partial charge < -0.3 is 20.0 Å². The first kappa shape index (κ1) is 26.7. The SMILES string of the molecule is CC(C)CC(NC(=O)c1ccc(N2CCCC2)cc1)C(=O)N1CCC2C1C(=O)CN2C(=O)CC1CCCC1. The summed E-state index contributed by atoms with van der Waals surface area (Å²) in [6, 6.07) is 6.03. The Kier molecular flexibility index (Phi) is 8.05. The van der Waals surface area contributed by atoms with Gasteiger partial charge in [-0.1, -0.05) is 26.7 Å². The first-order valence-corrected chi connectivity index (χ1v) is 14.6. The van der Waals surface area contributed by atoms with Crippen molar-refractivity contribution in [3.63, 3.8) is 0 Å². The number of fused-ring (bicyclic) bond motifs is 1. The predicted molar refractivity (Wildman–Crippen MR) is 146 cm³/mol. The van der Waals surface area contributed by atoms with Crippen molar-refractivity contribution in [2.75, 3.05) is 31.1 Å². The molecule has 8 nitrogen and oxygen atoms in total. The lowest BCUT2D eigenvalue weighted by Crippen LogP contribution is -2.53. The van der Waals surface area contributed by atoms with Crippen LogP contribution in [0.3, 0.4) is 0 Å². The lowest BCUT2D eigenvalue weighted by atomic mass is 10.0. The predicted octanol–water partition coefficient (Wildman–Crippen LogP) is 3.39. The van der Waals surface area contributed by atoms with E-state index in [4.69, 9.17) is 0 Å². The Hall–Kier alpha value is -2.90. The molecule has 3 saturated heterocycles. The van der Waals surface area contributed by atoms with Gasteiger partial charge in [0.05, 0.1) is 12.6 Å². The minimum Gasteiger partial charge on any atom is -0.372 e. The number of hydrogen-bond donors (Lipinski definition) is 1. The highest BCUT2D eigenvalue weighted by molar-refractivity contribution is 6.01. The minimum atomic E-state index is -0.712. The van der Waals surface area contributed by atoms with Gasteiger partial charge in [0.2, 0.25) is 11.8 Å². The quantitative estimate of drug-likeness (QED) is 0.565. The third kappa shape index (κ3) is 5.59. The number of nitrogens with zero attached hydrogens (tertiary/aromatic N) is 3. The molecule has 0 bridgehead atoms. The average molecular weight is 523 g/mol. The minimum absolute atomic E-state index is 0.0523. The van der Waals surface area contributed by atoms with E-state index in [0.29, 0.717) is 37.3 Å². The zero-order valence-electron chi connectivity index (χ0n) is 22.9. The summed E-state index contributed by atoms with van der Waals surface area (Å²) in [6.45, 7) is 6.65. The van der Waals surface area contributed by atoms with E-state index < -0.39 is 12.1 Å². The van der Waals surface area contributed by atoms with Crippen LogP contribution in [0.25, 0.3) is 0 Å². The fraction of sp³-hybridized carbons (Fsp3) is 0.667. The van der Waals surface area contributed by atoms with E-state index in [1.165, 1.54) is 25.7 Å². The van der Waals surface area contributed by atoms with Crippen LogP contribution in [0.4, 0.5) is 5.69 Å². The maximum atomic E-state index is 13.8. The van der Waals surface area contributed by atoms with E-state index in [1.54, 1.807) is 9.80 Å². The fourth-order valence-electron chi connectivity index (χ4n) is 6.90. The lowest BCUT2D eigenvalue weighted by molar-refractivity contribution is -0.138. The maximum Gasteiger partial charge on any atom is 0.251 e. The number of anilines is 1. The number of carbonyl (C=O) groups is 4. The van der Waals surface area contributed by atoms with Crippen LogP contribution < -0.4 is 10.2 Å². The number of amides is 3. The molecule has 38 heavy (non-hydrogen) atoms. The topological polar surface area (TPSA) is 90.0 Å². The van der Waals surface area contributed by atoms with E-state index in [-0.39, 0.29) is 42.0 Å². The molecule has 3 heterocycles. The van der Waals surface area contributed by atoms with Gasteiger partial charge in [-0.25, -0.2) is 0 Å². The average Bonchev–Trinajstić information content (AvgIpc) is 3.70. The van der Waals surface area contributed by atoms with E-state index in [9.17, 15) is 19.2 Å². The summed E-state index contributed by atoms with van der Waals surface area (Å²) >= 11 is 0. The standard InChI is InChI=1S/C30H42N4O4/c1-20(2)17-24(31-29(37)22-9-11-23(12-10-22)32-14-5-6-15-32)30(38)33-16-13-25-28(33)26(35)19-34(25)27(36)18-21-7-3-4-8-21/h9-12,20-21,24-25,28H,3-8,13-19H2,1-2H3,(H,31,37). The third-order valence-electron chi connectivity index (χ3n) is 8.88. The van der Waals surface area contributed by atoms with Crippen LogP contribution in [0.15, 0.2) is 24.3 Å². The summed E-state index contributed by atoms with van der Waals surface area (Å²) in [5, 5.41) is 2.97. The van der Waals surface area contributed by atoms with Crippen LogP contribution in [0.1, 0.15) is 82.0 Å². The van der Waals surface area contributed by atoms with Crippen molar-refractivity contribution in [1.82, 2.24) is 15.1 Å². The molecular formula is C30H42N4O4. The van der Waals surface area contributed by atoms with Gasteiger partial charge in [-0.05, 0) is 74.6 Å². The number of ketones is 1. The van der Waals surface area contributed by atoms with Gasteiger partial charge in [-0.3, -0.25) is 19.2 Å². The van der Waals surface area contributed by atoms with Crippen LogP contribution in [0.2, 0.25) is 0 Å². The van der Waals surface area contributed by atoms with Crippen molar-refractivity contribution >= 4 is 29.2 Å². The van der Waals surface area contributed by atoms with Crippen LogP contribution in [0.5, 0.6) is 0 Å². The van der Waals surface area contributed by atoms with Crippen LogP contribution in [0, 0.1) is 11.8 Å². The van der Waals surface area contributed by atoms with Gasteiger partial charge >= 0.3 is 0 Å². The van der Waals surface area contributed by atoms with Gasteiger partial charge in [0, 0.05) is 37.3 Å². The second-order valence-corrected chi connectivity index (χ2v) is 12.1. The van der Waals surface area contributed by atoms with Crippen LogP contribution in [-0.2, 0) is 14.4 Å². The van der Waals surface area contributed by atoms with Crippen molar-refractivity contribution in [3.05, 3.63) is 29.8 Å². The summed E-state index contributed by atoms with van der Waals surface area (Å²) in [5.41, 5.74) is 1.64. The van der Waals surface area contributed by atoms with Gasteiger partial charge in [0.25, 0.3) is 5.91 Å². The molecule has 4 fully saturated rings. The normalized spacial score (nSPS) is 24.4. The monoisotopic (exact) mass is 522 g/mol. The summed E-state index contributed by atoms with van der Waals surface area (Å²) in [5.74, 6) is 0.101. The molecule has 5 rings (SSSR count). The Morgan fingerprint density at radius 2 is 1.61 bits per heavy atom. The highest BCUT2D eigenvalue weighted by atomic mass is 16.2. The third-order valence-corrected chi connectivity index (χ3v) is 8.88. The molecule has 1 saturated carbocycles. The molecule has 3 atom stereocenters. The lowest BCUT2D eigenvalue weighted by Gasteiger charge is -2.29. The first-order valence-electron chi connectivity index (χ1n) is 14.6. The summed E-state index contributed by atoms with van der Waals surface area (Å²) < 4.78 is 0. The van der Waals surface area contributed by atoms with E-state index >= 15 is 0 Å². The number of benzene rings is 1. The molecule has 4 aliphatic rings. The number of nitrogens with one attached hydrogen (secondary N) is 1. The molecule has 0 spiro atoms. The summed E-state index contributed by atoms with van der Waals surface area (Å²) in [7, 11) is 0. The Labute approximate surface area is 226 Å². The van der Waals surface area contributed by atoms with Crippen molar-refractivity contribution in [1.29, 1.82) is 0 Å². The molecule has 1 aromatic carbocycles. The smallest absolute Gasteiger partial charge is 0.251 e. The van der Waals surface area contributed by atoms with Gasteiger partial charge in [0.1, 0.15) is 12.1 Å². The molecule has 3 amide bonds. The van der Waals surface area contributed by atoms with Crippen molar-refractivity contribution in [2.45, 2.75) is 89.8 Å². The largest absolute Gasteiger partial charge is 0.372 e. The van der Waals surface area contributed by atoms with Crippen molar-refractivity contribution < 1.29 is 19.2 Å². The molecule has 0 aromatic heterocycles. The Bertz CT molecular complexity index is 1040. The molecule has 0 radical (unpaired) electrons. The number of Topliss-reactive ketones (excluding diaryl/α,β-unsaturated/α-hetero) is 1. The van der Waals surface area contributed by atoms with Crippen LogP contribution >= 0.6 is 0 Å². The van der Waals surface area contributed by atoms with E-state index in [0.717, 1.165) is 31.6 Å². The van der Waals surface area contributed by atoms with Crippen molar-refractivity contribution in [2.24, 2.45) is 11.8 Å². The maximum absolute atomic E-state index is 13.8. The molecule has 8 heteroatoms. The highest BCUT2D eigenvalue weighted by Gasteiger charge is 2.52. The Morgan fingerprint density at radius 1 is 0.921 bits per heavy atom. The molecule has 206 valence electrons. The number of carbonyl (C=O) groups excluding carboxylic acids is 4. The second kappa shape index (κ2) is 11.5. The van der Waals surface area contributed by atoms with Crippen LogP contribution in [-0.4, -0.2) is 77.6 Å². The van der Waals surface area contributed by atoms with Gasteiger partial charge in [-0.2, -0.15) is 0 Å². The zero-order valence-corrected chi connectivity index (χ0v) is 22.9. The first-order chi connectivity index (χ1) is 18.3. The molecule has 1 N–H and O–H groups in total. The second-order valence-electron chi connectivity index (χ2n) is 12.1. The van der Waals surface area contributed by atoms with E-state index in [2.05, 4.69) is 10.2 Å². The highest BCUT2D eigenvalue weighted by Crippen LogP contribution is 2.34. The Morgan fingerprint density at radius 3 is 2.26 bits per heavy atom. The summed E-state index contributed by atoms with van der Waals surface area (Å²) in [6.07, 6.45) is 8.51. The molecule has 3 unspecified atom stereocenters. The Balaban J connectivity index is 1.25. The van der Waals surface area contributed by atoms with Crippen molar-refractivity contribution in [3.8, 4) is 0 Å². The fourth-order valence-corrected chi connectivity index (χ4v) is 6.90. The molecule has 3 aliphatic heterocycles. The number of rotatable bonds is 8. The van der Waals surface area contributed by atoms with Gasteiger partial charge in [-0.15, -0.1) is 0 Å². The number of hydrogen-bond acceptors (Lipinski definition) is 5. The molecule has 1 aliphatic carbocycles. The molecular weight excluding hydrogens is 480 g/mol.